The number of halogens is 1. The molecule has 3 heteroatoms. The van der Waals surface area contributed by atoms with Crippen molar-refractivity contribution >= 4 is 21.7 Å². The number of benzene rings is 1. The molecule has 1 aromatic carbocycles. The van der Waals surface area contributed by atoms with Crippen LogP contribution >= 0.6 is 15.9 Å². The zero-order chi connectivity index (χ0) is 12.8. The summed E-state index contributed by atoms with van der Waals surface area (Å²) in [5.41, 5.74) is 0.715. The van der Waals surface area contributed by atoms with Gasteiger partial charge >= 0.3 is 0 Å². The van der Waals surface area contributed by atoms with E-state index in [2.05, 4.69) is 22.9 Å². The topological polar surface area (TPSA) is 26.3 Å². The monoisotopic (exact) mass is 298 g/mol. The maximum Gasteiger partial charge on any atom is 0.164 e. The highest BCUT2D eigenvalue weighted by molar-refractivity contribution is 9.10. The predicted octanol–water partition coefficient (Wildman–Crippen LogP) is 4.47. The molecule has 0 aromatic heterocycles. The number of ketones is 1. The lowest BCUT2D eigenvalue weighted by molar-refractivity contribution is 0.0966. The van der Waals surface area contributed by atoms with Gasteiger partial charge in [-0.25, -0.2) is 0 Å². The van der Waals surface area contributed by atoms with Crippen molar-refractivity contribution in [3.05, 3.63) is 28.2 Å². The summed E-state index contributed by atoms with van der Waals surface area (Å²) >= 11 is 3.41. The van der Waals surface area contributed by atoms with E-state index in [1.807, 2.05) is 32.0 Å². The van der Waals surface area contributed by atoms with Crippen LogP contribution in [0.5, 0.6) is 5.75 Å². The van der Waals surface area contributed by atoms with Gasteiger partial charge in [0.25, 0.3) is 0 Å². The quantitative estimate of drug-likeness (QED) is 0.725. The van der Waals surface area contributed by atoms with E-state index in [4.69, 9.17) is 4.74 Å². The molecule has 0 heterocycles. The molecular formula is C14H19BrO2. The van der Waals surface area contributed by atoms with Gasteiger partial charge in [-0.1, -0.05) is 36.7 Å². The number of carbonyl (C=O) groups is 1. The number of rotatable bonds is 6. The minimum atomic E-state index is 0.161. The molecule has 0 aliphatic carbocycles. The maximum atomic E-state index is 12.0. The van der Waals surface area contributed by atoms with Gasteiger partial charge in [-0.2, -0.15) is 0 Å². The van der Waals surface area contributed by atoms with E-state index in [-0.39, 0.29) is 5.78 Å². The number of carbonyl (C=O) groups excluding carboxylic acids is 1. The molecule has 0 atom stereocenters. The van der Waals surface area contributed by atoms with Gasteiger partial charge in [-0.3, -0.25) is 4.79 Å². The third-order valence-corrected chi connectivity index (χ3v) is 3.00. The Bertz CT molecular complexity index is 386. The Labute approximate surface area is 111 Å². The first-order valence-corrected chi connectivity index (χ1v) is 6.79. The first-order chi connectivity index (χ1) is 8.04. The number of Topliss-reactive ketones (excluding diaryl/α,β-unsaturated/α-hetero) is 1. The molecule has 0 amide bonds. The van der Waals surface area contributed by atoms with Crippen molar-refractivity contribution in [3.63, 3.8) is 0 Å². The second-order valence-electron chi connectivity index (χ2n) is 4.51. The van der Waals surface area contributed by atoms with E-state index >= 15 is 0 Å². The molecule has 0 aliphatic rings. The van der Waals surface area contributed by atoms with Crippen molar-refractivity contribution in [3.8, 4) is 5.75 Å². The van der Waals surface area contributed by atoms with Gasteiger partial charge in [0.2, 0.25) is 0 Å². The Hall–Kier alpha value is -0.830. The molecule has 0 bridgehead atoms. The molecule has 1 rings (SSSR count). The Kier molecular flexibility index (Phi) is 5.69. The van der Waals surface area contributed by atoms with Crippen LogP contribution in [0.25, 0.3) is 0 Å². The van der Waals surface area contributed by atoms with E-state index in [1.54, 1.807) is 0 Å². The van der Waals surface area contributed by atoms with Crippen LogP contribution in [0.4, 0.5) is 0 Å². The summed E-state index contributed by atoms with van der Waals surface area (Å²) in [7, 11) is 0. The largest absolute Gasteiger partial charge is 0.494 e. The van der Waals surface area contributed by atoms with Crippen molar-refractivity contribution < 1.29 is 9.53 Å². The highest BCUT2D eigenvalue weighted by Crippen LogP contribution is 2.25. The van der Waals surface area contributed by atoms with E-state index < -0.39 is 0 Å². The fraction of sp³-hybridized carbons (Fsp3) is 0.500. The fourth-order valence-electron chi connectivity index (χ4n) is 1.51. The summed E-state index contributed by atoms with van der Waals surface area (Å²) in [5.74, 6) is 1.30. The van der Waals surface area contributed by atoms with Crippen LogP contribution in [0.3, 0.4) is 0 Å². The van der Waals surface area contributed by atoms with Gasteiger partial charge in [0.1, 0.15) is 5.75 Å². The van der Waals surface area contributed by atoms with E-state index in [0.29, 0.717) is 24.5 Å². The highest BCUT2D eigenvalue weighted by Gasteiger charge is 2.12. The van der Waals surface area contributed by atoms with Crippen molar-refractivity contribution in [1.82, 2.24) is 0 Å². The van der Waals surface area contributed by atoms with Crippen LogP contribution in [0.15, 0.2) is 22.7 Å². The first kappa shape index (κ1) is 14.2. The summed E-state index contributed by atoms with van der Waals surface area (Å²) in [6, 6.07) is 5.58. The average molecular weight is 299 g/mol. The Balaban J connectivity index is 2.86. The van der Waals surface area contributed by atoms with E-state index in [1.165, 1.54) is 0 Å². The molecule has 0 aliphatic heterocycles. The zero-order valence-electron chi connectivity index (χ0n) is 10.6. The number of hydrogen-bond donors (Lipinski definition) is 0. The van der Waals surface area contributed by atoms with Gasteiger partial charge in [-0.05, 0) is 30.5 Å². The summed E-state index contributed by atoms with van der Waals surface area (Å²) in [5, 5.41) is 0. The van der Waals surface area contributed by atoms with Crippen LogP contribution in [-0.2, 0) is 0 Å². The second-order valence-corrected chi connectivity index (χ2v) is 5.37. The smallest absolute Gasteiger partial charge is 0.164 e. The number of ether oxygens (including phenoxy) is 1. The number of hydrogen-bond acceptors (Lipinski definition) is 2. The Morgan fingerprint density at radius 1 is 1.41 bits per heavy atom. The highest BCUT2D eigenvalue weighted by atomic mass is 79.9. The standard InChI is InChI=1S/C14H19BrO2/c1-4-7-17-11-5-6-13(15)12(9-11)14(16)8-10(2)3/h5-6,9-10H,4,7-8H2,1-3H3. The van der Waals surface area contributed by atoms with Crippen molar-refractivity contribution in [2.24, 2.45) is 5.92 Å². The van der Waals surface area contributed by atoms with Crippen molar-refractivity contribution in [2.45, 2.75) is 33.6 Å². The SMILES string of the molecule is CCCOc1ccc(Br)c(C(=O)CC(C)C)c1. The van der Waals surface area contributed by atoms with Crippen molar-refractivity contribution in [1.29, 1.82) is 0 Å². The van der Waals surface area contributed by atoms with Gasteiger partial charge < -0.3 is 4.74 Å². The zero-order valence-corrected chi connectivity index (χ0v) is 12.2. The molecule has 0 radical (unpaired) electrons. The average Bonchev–Trinajstić information content (AvgIpc) is 2.27. The predicted molar refractivity (Wildman–Crippen MR) is 73.7 cm³/mol. The van der Waals surface area contributed by atoms with Crippen molar-refractivity contribution in [2.75, 3.05) is 6.61 Å². The lowest BCUT2D eigenvalue weighted by Crippen LogP contribution is -2.05. The van der Waals surface area contributed by atoms with E-state index in [0.717, 1.165) is 16.6 Å². The van der Waals surface area contributed by atoms with E-state index in [9.17, 15) is 4.79 Å². The lowest BCUT2D eigenvalue weighted by Gasteiger charge is -2.09. The van der Waals surface area contributed by atoms with Crippen LogP contribution in [-0.4, -0.2) is 12.4 Å². The van der Waals surface area contributed by atoms with Crippen LogP contribution in [0, 0.1) is 5.92 Å². The normalized spacial score (nSPS) is 10.6. The minimum absolute atomic E-state index is 0.161. The van der Waals surface area contributed by atoms with Crippen LogP contribution < -0.4 is 4.74 Å². The molecule has 0 saturated carbocycles. The molecule has 0 spiro atoms. The molecule has 0 fully saturated rings. The first-order valence-electron chi connectivity index (χ1n) is 6.00. The molecule has 17 heavy (non-hydrogen) atoms. The summed E-state index contributed by atoms with van der Waals surface area (Å²) in [6.45, 7) is 6.83. The molecule has 2 nitrogen and oxygen atoms in total. The van der Waals surface area contributed by atoms with Crippen LogP contribution in [0.1, 0.15) is 44.0 Å². The molecule has 94 valence electrons. The summed E-state index contributed by atoms with van der Waals surface area (Å²) < 4.78 is 6.37. The third-order valence-electron chi connectivity index (χ3n) is 2.30. The minimum Gasteiger partial charge on any atom is -0.494 e. The summed E-state index contributed by atoms with van der Waals surface area (Å²) in [6.07, 6.45) is 1.53. The Morgan fingerprint density at radius 3 is 2.71 bits per heavy atom. The van der Waals surface area contributed by atoms with Gasteiger partial charge in [0.15, 0.2) is 5.78 Å². The summed E-state index contributed by atoms with van der Waals surface area (Å²) in [4.78, 5) is 12.0. The third kappa shape index (κ3) is 4.50. The molecule has 0 unspecified atom stereocenters. The lowest BCUT2D eigenvalue weighted by atomic mass is 10.0. The van der Waals surface area contributed by atoms with Gasteiger partial charge in [-0.15, -0.1) is 0 Å². The molecule has 0 saturated heterocycles. The fourth-order valence-corrected chi connectivity index (χ4v) is 1.98. The van der Waals surface area contributed by atoms with Gasteiger partial charge in [0.05, 0.1) is 6.61 Å². The maximum absolute atomic E-state index is 12.0. The molecular weight excluding hydrogens is 280 g/mol. The van der Waals surface area contributed by atoms with Crippen LogP contribution in [0.2, 0.25) is 0 Å². The second kappa shape index (κ2) is 6.80. The molecule has 1 aromatic rings. The Morgan fingerprint density at radius 2 is 2.12 bits per heavy atom. The molecule has 0 N–H and O–H groups in total. The van der Waals surface area contributed by atoms with Gasteiger partial charge in [0, 0.05) is 16.5 Å².